The van der Waals surface area contributed by atoms with Crippen molar-refractivity contribution < 1.29 is 13.6 Å². The van der Waals surface area contributed by atoms with E-state index in [1.165, 1.54) is 25.3 Å². The van der Waals surface area contributed by atoms with Crippen LogP contribution in [0.1, 0.15) is 11.3 Å². The molecule has 3 aromatic rings. The molecular formula is C18H11N3O5. The van der Waals surface area contributed by atoms with Crippen LogP contribution >= 0.6 is 0 Å². The molecule has 0 bridgehead atoms. The molecule has 0 atom stereocenters. The molecule has 0 saturated heterocycles. The van der Waals surface area contributed by atoms with E-state index in [-0.39, 0.29) is 44.4 Å². The number of nitrogens with two attached hydrogens (primary N) is 1. The van der Waals surface area contributed by atoms with E-state index in [1.807, 2.05) is 0 Å². The lowest BCUT2D eigenvalue weighted by Gasteiger charge is -2.10. The van der Waals surface area contributed by atoms with Gasteiger partial charge in [0, 0.05) is 12.1 Å². The molecule has 8 heteroatoms. The van der Waals surface area contributed by atoms with Gasteiger partial charge in [-0.25, -0.2) is 4.79 Å². The first-order chi connectivity index (χ1) is 12.4. The van der Waals surface area contributed by atoms with Crippen molar-refractivity contribution in [3.8, 4) is 17.9 Å². The van der Waals surface area contributed by atoms with E-state index in [4.69, 9.17) is 29.8 Å². The number of aryl methyl sites for hydroxylation is 1. The number of allylic oxidation sites excluding steroid dienone is 1. The van der Waals surface area contributed by atoms with Gasteiger partial charge in [-0.3, -0.25) is 4.79 Å². The molecule has 0 saturated carbocycles. The largest absolute Gasteiger partial charge is 0.495 e. The van der Waals surface area contributed by atoms with Crippen molar-refractivity contribution in [1.29, 1.82) is 10.5 Å². The van der Waals surface area contributed by atoms with Crippen LogP contribution in [0, 0.1) is 29.6 Å². The molecule has 0 amide bonds. The minimum absolute atomic E-state index is 0.111. The Morgan fingerprint density at radius 3 is 2.42 bits per heavy atom. The second kappa shape index (κ2) is 6.11. The van der Waals surface area contributed by atoms with Gasteiger partial charge in [0.15, 0.2) is 11.0 Å². The second-order valence-electron chi connectivity index (χ2n) is 5.38. The number of methoxy groups -OCH3 is 1. The normalized spacial score (nSPS) is 10.3. The summed E-state index contributed by atoms with van der Waals surface area (Å²) in [5, 5.41) is 18.3. The fourth-order valence-electron chi connectivity index (χ4n) is 2.66. The van der Waals surface area contributed by atoms with Gasteiger partial charge in [-0.05, 0) is 13.0 Å². The maximum atomic E-state index is 12.4. The van der Waals surface area contributed by atoms with Crippen molar-refractivity contribution in [1.82, 2.24) is 0 Å². The number of hydrogen-bond donors (Lipinski definition) is 1. The highest BCUT2D eigenvalue weighted by Gasteiger charge is 2.19. The molecule has 2 N–H and O–H groups in total. The molecule has 1 aromatic carbocycles. The Balaban J connectivity index is 2.52. The third-order valence-electron chi connectivity index (χ3n) is 3.80. The predicted molar refractivity (Wildman–Crippen MR) is 92.1 cm³/mol. The summed E-state index contributed by atoms with van der Waals surface area (Å²) >= 11 is 0. The van der Waals surface area contributed by atoms with Crippen LogP contribution in [-0.4, -0.2) is 7.11 Å². The average molecular weight is 349 g/mol. The molecule has 0 radical (unpaired) electrons. The molecule has 2 aromatic heterocycles. The smallest absolute Gasteiger partial charge is 0.345 e. The summed E-state index contributed by atoms with van der Waals surface area (Å²) in [6.07, 6.45) is 0. The molecule has 2 heterocycles. The topological polar surface area (TPSA) is 143 Å². The molecule has 0 aliphatic heterocycles. The van der Waals surface area contributed by atoms with Gasteiger partial charge in [-0.1, -0.05) is 0 Å². The number of nitrogens with zero attached hydrogens (tertiary/aromatic N) is 2. The second-order valence-corrected chi connectivity index (χ2v) is 5.38. The van der Waals surface area contributed by atoms with Gasteiger partial charge < -0.3 is 19.3 Å². The summed E-state index contributed by atoms with van der Waals surface area (Å²) in [7, 11) is 1.35. The van der Waals surface area contributed by atoms with Crippen molar-refractivity contribution in [2.45, 2.75) is 6.92 Å². The highest BCUT2D eigenvalue weighted by atomic mass is 16.5. The van der Waals surface area contributed by atoms with E-state index in [0.29, 0.717) is 5.76 Å². The zero-order valence-electron chi connectivity index (χ0n) is 13.7. The van der Waals surface area contributed by atoms with Crippen molar-refractivity contribution in [2.24, 2.45) is 5.73 Å². The van der Waals surface area contributed by atoms with E-state index < -0.39 is 11.2 Å². The number of benzene rings is 1. The highest BCUT2D eigenvalue weighted by Crippen LogP contribution is 2.33. The van der Waals surface area contributed by atoms with Crippen LogP contribution in [0.2, 0.25) is 0 Å². The molecule has 0 aliphatic carbocycles. The van der Waals surface area contributed by atoms with Crippen LogP contribution < -0.4 is 21.5 Å². The van der Waals surface area contributed by atoms with Gasteiger partial charge in [-0.15, -0.1) is 0 Å². The lowest BCUT2D eigenvalue weighted by molar-refractivity contribution is 0.422. The first kappa shape index (κ1) is 16.8. The van der Waals surface area contributed by atoms with Crippen molar-refractivity contribution in [3.63, 3.8) is 0 Å². The van der Waals surface area contributed by atoms with E-state index in [2.05, 4.69) is 0 Å². The molecule has 0 aliphatic rings. The lowest BCUT2D eigenvalue weighted by atomic mass is 10.1. The first-order valence-corrected chi connectivity index (χ1v) is 7.31. The van der Waals surface area contributed by atoms with Gasteiger partial charge in [0.1, 0.15) is 40.2 Å². The molecule has 8 nitrogen and oxygen atoms in total. The minimum Gasteiger partial charge on any atom is -0.495 e. The Kier molecular flexibility index (Phi) is 3.95. The maximum absolute atomic E-state index is 12.4. The third-order valence-corrected chi connectivity index (χ3v) is 3.80. The first-order valence-electron chi connectivity index (χ1n) is 7.31. The fraction of sp³-hybridized carbons (Fsp3) is 0.111. The zero-order chi connectivity index (χ0) is 19.0. The van der Waals surface area contributed by atoms with Crippen LogP contribution in [-0.2, 0) is 0 Å². The summed E-state index contributed by atoms with van der Waals surface area (Å²) < 4.78 is 16.1. The summed E-state index contributed by atoms with van der Waals surface area (Å²) in [5.41, 5.74) is 3.99. The number of fused-ring (bicyclic) bond motifs is 2. The SMILES string of the molecule is COc1c2cc(C(N)=C(C#N)C#N)c(=O)oc2cc2oc(C)cc(=O)c12. The molecule has 128 valence electrons. The number of ether oxygens (including phenoxy) is 1. The maximum Gasteiger partial charge on any atom is 0.345 e. The van der Waals surface area contributed by atoms with Gasteiger partial charge in [-0.2, -0.15) is 10.5 Å². The average Bonchev–Trinajstić information content (AvgIpc) is 2.60. The van der Waals surface area contributed by atoms with Crippen molar-refractivity contribution in [3.05, 3.63) is 55.7 Å². The van der Waals surface area contributed by atoms with Gasteiger partial charge >= 0.3 is 5.63 Å². The molecular weight excluding hydrogens is 338 g/mol. The molecule has 0 spiro atoms. The van der Waals surface area contributed by atoms with E-state index in [1.54, 1.807) is 19.1 Å². The molecule has 26 heavy (non-hydrogen) atoms. The monoisotopic (exact) mass is 349 g/mol. The van der Waals surface area contributed by atoms with Crippen LogP contribution in [0.5, 0.6) is 5.75 Å². The van der Waals surface area contributed by atoms with E-state index >= 15 is 0 Å². The molecule has 3 rings (SSSR count). The van der Waals surface area contributed by atoms with Gasteiger partial charge in [0.2, 0.25) is 0 Å². The number of hydrogen-bond acceptors (Lipinski definition) is 8. The van der Waals surface area contributed by atoms with Gasteiger partial charge in [0.05, 0.1) is 23.8 Å². The number of nitriles is 2. The summed E-state index contributed by atoms with van der Waals surface area (Å²) in [5.74, 6) is 0.530. The Labute approximate surface area is 145 Å². The molecule has 0 fully saturated rings. The van der Waals surface area contributed by atoms with Crippen molar-refractivity contribution in [2.75, 3.05) is 7.11 Å². The Hall–Kier alpha value is -4.04. The summed E-state index contributed by atoms with van der Waals surface area (Å²) in [4.78, 5) is 24.6. The molecule has 0 unspecified atom stereocenters. The van der Waals surface area contributed by atoms with Crippen LogP contribution in [0.4, 0.5) is 0 Å². The number of rotatable bonds is 2. The Morgan fingerprint density at radius 2 is 1.81 bits per heavy atom. The minimum atomic E-state index is -0.839. The van der Waals surface area contributed by atoms with Crippen molar-refractivity contribution >= 4 is 27.6 Å². The van der Waals surface area contributed by atoms with Gasteiger partial charge in [0.25, 0.3) is 0 Å². The van der Waals surface area contributed by atoms with Crippen LogP contribution in [0.25, 0.3) is 27.6 Å². The standard InChI is InChI=1S/C18H11N3O5/c1-8-3-12(22)15-14(25-8)5-13-10(17(15)24-2)4-11(18(23)26-13)16(21)9(6-19)7-20/h3-5H,21H2,1-2H3. The Morgan fingerprint density at radius 1 is 1.12 bits per heavy atom. The predicted octanol–water partition coefficient (Wildman–Crippen LogP) is 1.93. The lowest BCUT2D eigenvalue weighted by Crippen LogP contribution is -2.13. The summed E-state index contributed by atoms with van der Waals surface area (Å²) in [6, 6.07) is 7.27. The van der Waals surface area contributed by atoms with E-state index in [0.717, 1.165) is 0 Å². The highest BCUT2D eigenvalue weighted by molar-refractivity contribution is 6.01. The zero-order valence-corrected chi connectivity index (χ0v) is 13.7. The summed E-state index contributed by atoms with van der Waals surface area (Å²) in [6.45, 7) is 1.62. The third kappa shape index (κ3) is 2.46. The quantitative estimate of drug-likeness (QED) is 0.420. The van der Waals surface area contributed by atoms with Crippen LogP contribution in [0.15, 0.2) is 42.2 Å². The van der Waals surface area contributed by atoms with Crippen LogP contribution in [0.3, 0.4) is 0 Å². The fourth-order valence-corrected chi connectivity index (χ4v) is 2.66. The Bertz CT molecular complexity index is 1280. The van der Waals surface area contributed by atoms with E-state index in [9.17, 15) is 9.59 Å².